The first-order valence-corrected chi connectivity index (χ1v) is 5.19. The molecular formula is C12H9F2N3O2. The van der Waals surface area contributed by atoms with Crippen LogP contribution in [-0.4, -0.2) is 23.0 Å². The summed E-state index contributed by atoms with van der Waals surface area (Å²) in [7, 11) is 1.20. The van der Waals surface area contributed by atoms with Crippen LogP contribution in [-0.2, 0) is 4.74 Å². The van der Waals surface area contributed by atoms with E-state index in [1.165, 1.54) is 19.4 Å². The van der Waals surface area contributed by atoms with Gasteiger partial charge < -0.3 is 10.5 Å². The van der Waals surface area contributed by atoms with Crippen molar-refractivity contribution in [2.45, 2.75) is 0 Å². The Kier molecular flexibility index (Phi) is 3.37. The number of esters is 1. The van der Waals surface area contributed by atoms with Crippen LogP contribution in [0.2, 0.25) is 0 Å². The van der Waals surface area contributed by atoms with Crippen LogP contribution >= 0.6 is 0 Å². The average Bonchev–Trinajstić information content (AvgIpc) is 2.41. The van der Waals surface area contributed by atoms with Crippen LogP contribution < -0.4 is 5.73 Å². The number of rotatable bonds is 2. The number of carbonyl (C=O) groups excluding carboxylic acids is 1. The van der Waals surface area contributed by atoms with Gasteiger partial charge in [-0.1, -0.05) is 0 Å². The second kappa shape index (κ2) is 4.97. The van der Waals surface area contributed by atoms with E-state index in [-0.39, 0.29) is 22.8 Å². The maximum Gasteiger partial charge on any atom is 0.343 e. The lowest BCUT2D eigenvalue weighted by Gasteiger charge is -2.05. The number of halogens is 2. The van der Waals surface area contributed by atoms with Gasteiger partial charge in [0, 0.05) is 11.8 Å². The van der Waals surface area contributed by atoms with Crippen molar-refractivity contribution in [3.05, 3.63) is 41.6 Å². The molecule has 0 saturated heterocycles. The lowest BCUT2D eigenvalue weighted by atomic mass is 10.2. The molecule has 0 aliphatic rings. The summed E-state index contributed by atoms with van der Waals surface area (Å²) in [6.45, 7) is 0. The standard InChI is InChI=1S/C12H9F2N3O2/c1-19-12(18)7-5-16-11(17-10(7)15)6-2-3-8(13)9(14)4-6/h2-5H,1H3,(H2,15,16,17). The van der Waals surface area contributed by atoms with Crippen LogP contribution in [0.5, 0.6) is 0 Å². The van der Waals surface area contributed by atoms with Gasteiger partial charge in [-0.3, -0.25) is 0 Å². The molecular weight excluding hydrogens is 256 g/mol. The molecule has 1 aromatic heterocycles. The normalized spacial score (nSPS) is 10.3. The molecule has 0 saturated carbocycles. The monoisotopic (exact) mass is 265 g/mol. The zero-order valence-corrected chi connectivity index (χ0v) is 9.85. The molecule has 0 radical (unpaired) electrons. The Morgan fingerprint density at radius 3 is 2.63 bits per heavy atom. The van der Waals surface area contributed by atoms with Gasteiger partial charge in [0.2, 0.25) is 0 Å². The predicted molar refractivity (Wildman–Crippen MR) is 63.1 cm³/mol. The molecule has 0 fully saturated rings. The van der Waals surface area contributed by atoms with Gasteiger partial charge in [0.1, 0.15) is 11.4 Å². The molecule has 0 aliphatic heterocycles. The Balaban J connectivity index is 2.44. The summed E-state index contributed by atoms with van der Waals surface area (Å²) in [6.07, 6.45) is 1.17. The number of ether oxygens (including phenoxy) is 1. The smallest absolute Gasteiger partial charge is 0.343 e. The van der Waals surface area contributed by atoms with Crippen LogP contribution in [0, 0.1) is 11.6 Å². The van der Waals surface area contributed by atoms with Crippen molar-refractivity contribution in [1.82, 2.24) is 9.97 Å². The molecule has 0 atom stereocenters. The highest BCUT2D eigenvalue weighted by Gasteiger charge is 2.14. The van der Waals surface area contributed by atoms with Crippen LogP contribution in [0.25, 0.3) is 11.4 Å². The molecule has 0 unspecified atom stereocenters. The van der Waals surface area contributed by atoms with E-state index in [1.807, 2.05) is 0 Å². The second-order valence-corrected chi connectivity index (χ2v) is 3.61. The number of aromatic nitrogens is 2. The summed E-state index contributed by atoms with van der Waals surface area (Å²) >= 11 is 0. The third kappa shape index (κ3) is 2.49. The van der Waals surface area contributed by atoms with Crippen molar-refractivity contribution in [2.24, 2.45) is 0 Å². The van der Waals surface area contributed by atoms with Gasteiger partial charge in [0.05, 0.1) is 7.11 Å². The minimum absolute atomic E-state index is 0.00818. The highest BCUT2D eigenvalue weighted by Crippen LogP contribution is 2.20. The zero-order chi connectivity index (χ0) is 14.0. The number of nitrogens with two attached hydrogens (primary N) is 1. The molecule has 5 nitrogen and oxygen atoms in total. The molecule has 0 amide bonds. The van der Waals surface area contributed by atoms with E-state index in [0.29, 0.717) is 0 Å². The molecule has 1 aromatic carbocycles. The van der Waals surface area contributed by atoms with Crippen molar-refractivity contribution >= 4 is 11.8 Å². The number of hydrogen-bond acceptors (Lipinski definition) is 5. The largest absolute Gasteiger partial charge is 0.465 e. The first kappa shape index (κ1) is 12.9. The lowest BCUT2D eigenvalue weighted by Crippen LogP contribution is -2.09. The second-order valence-electron chi connectivity index (χ2n) is 3.61. The zero-order valence-electron chi connectivity index (χ0n) is 9.85. The number of nitrogens with zero attached hydrogens (tertiary/aromatic N) is 2. The van der Waals surface area contributed by atoms with Gasteiger partial charge in [0.25, 0.3) is 0 Å². The molecule has 19 heavy (non-hydrogen) atoms. The molecule has 98 valence electrons. The van der Waals surface area contributed by atoms with Crippen molar-refractivity contribution < 1.29 is 18.3 Å². The number of nitrogen functional groups attached to an aromatic ring is 1. The van der Waals surface area contributed by atoms with Crippen molar-refractivity contribution in [3.63, 3.8) is 0 Å². The van der Waals surface area contributed by atoms with Crippen LogP contribution in [0.1, 0.15) is 10.4 Å². The van der Waals surface area contributed by atoms with Crippen molar-refractivity contribution in [1.29, 1.82) is 0 Å². The van der Waals surface area contributed by atoms with E-state index < -0.39 is 17.6 Å². The van der Waals surface area contributed by atoms with Gasteiger partial charge in [-0.2, -0.15) is 0 Å². The predicted octanol–water partition coefficient (Wildman–Crippen LogP) is 1.79. The molecule has 2 N–H and O–H groups in total. The van der Waals surface area contributed by atoms with Gasteiger partial charge in [-0.25, -0.2) is 23.5 Å². The van der Waals surface area contributed by atoms with Gasteiger partial charge >= 0.3 is 5.97 Å². The molecule has 2 rings (SSSR count). The van der Waals surface area contributed by atoms with E-state index in [4.69, 9.17) is 5.73 Å². The third-order valence-electron chi connectivity index (χ3n) is 2.40. The van der Waals surface area contributed by atoms with Gasteiger partial charge in [0.15, 0.2) is 17.5 Å². The minimum Gasteiger partial charge on any atom is -0.465 e. The summed E-state index contributed by atoms with van der Waals surface area (Å²) in [5.74, 6) is -2.67. The minimum atomic E-state index is -1.02. The van der Waals surface area contributed by atoms with E-state index in [2.05, 4.69) is 14.7 Å². The lowest BCUT2D eigenvalue weighted by molar-refractivity contribution is 0.0601. The average molecular weight is 265 g/mol. The Morgan fingerprint density at radius 1 is 1.32 bits per heavy atom. The van der Waals surface area contributed by atoms with Crippen molar-refractivity contribution in [2.75, 3.05) is 12.8 Å². The Bertz CT molecular complexity index is 647. The molecule has 0 aliphatic carbocycles. The topological polar surface area (TPSA) is 78.1 Å². The van der Waals surface area contributed by atoms with Crippen molar-refractivity contribution in [3.8, 4) is 11.4 Å². The van der Waals surface area contributed by atoms with Crippen LogP contribution in [0.15, 0.2) is 24.4 Å². The first-order valence-electron chi connectivity index (χ1n) is 5.19. The van der Waals surface area contributed by atoms with E-state index in [9.17, 15) is 13.6 Å². The van der Waals surface area contributed by atoms with Gasteiger partial charge in [-0.15, -0.1) is 0 Å². The molecule has 0 bridgehead atoms. The number of carbonyl (C=O) groups is 1. The third-order valence-corrected chi connectivity index (χ3v) is 2.40. The summed E-state index contributed by atoms with van der Waals surface area (Å²) in [5, 5.41) is 0. The van der Waals surface area contributed by atoms with E-state index in [0.717, 1.165) is 12.1 Å². The summed E-state index contributed by atoms with van der Waals surface area (Å²) in [5.41, 5.74) is 5.84. The quantitative estimate of drug-likeness (QED) is 0.837. The molecule has 1 heterocycles. The van der Waals surface area contributed by atoms with Crippen LogP contribution in [0.4, 0.5) is 14.6 Å². The first-order chi connectivity index (χ1) is 9.02. The maximum atomic E-state index is 13.1. The Morgan fingerprint density at radius 2 is 2.05 bits per heavy atom. The highest BCUT2D eigenvalue weighted by molar-refractivity contribution is 5.93. The Labute approximate surface area is 107 Å². The highest BCUT2D eigenvalue weighted by atomic mass is 19.2. The maximum absolute atomic E-state index is 13.1. The van der Waals surface area contributed by atoms with Gasteiger partial charge in [-0.05, 0) is 18.2 Å². The fourth-order valence-corrected chi connectivity index (χ4v) is 1.44. The molecule has 2 aromatic rings. The molecule has 7 heteroatoms. The molecule has 0 spiro atoms. The number of anilines is 1. The fraction of sp³-hybridized carbons (Fsp3) is 0.0833. The summed E-state index contributed by atoms with van der Waals surface area (Å²) in [6, 6.07) is 3.21. The Hall–Kier alpha value is -2.57. The van der Waals surface area contributed by atoms with E-state index in [1.54, 1.807) is 0 Å². The van der Waals surface area contributed by atoms with E-state index >= 15 is 0 Å². The number of methoxy groups -OCH3 is 1. The van der Waals surface area contributed by atoms with Crippen LogP contribution in [0.3, 0.4) is 0 Å². The summed E-state index contributed by atoms with van der Waals surface area (Å²) in [4.78, 5) is 19.0. The fourth-order valence-electron chi connectivity index (χ4n) is 1.44. The number of hydrogen-bond donors (Lipinski definition) is 1. The summed E-state index contributed by atoms with van der Waals surface area (Å²) < 4.78 is 30.4. The SMILES string of the molecule is COC(=O)c1cnc(-c2ccc(F)c(F)c2)nc1N. The number of benzene rings is 1.